The molecule has 0 N–H and O–H groups in total. The van der Waals surface area contributed by atoms with E-state index >= 15 is 0 Å². The van der Waals surface area contributed by atoms with E-state index < -0.39 is 0 Å². The molecule has 1 aliphatic rings. The highest BCUT2D eigenvalue weighted by Gasteiger charge is 2.25. The summed E-state index contributed by atoms with van der Waals surface area (Å²) in [6.45, 7) is 4.69. The molecule has 9 heteroatoms. The summed E-state index contributed by atoms with van der Waals surface area (Å²) in [5, 5.41) is 6.03. The van der Waals surface area contributed by atoms with E-state index in [4.69, 9.17) is 8.94 Å². The van der Waals surface area contributed by atoms with Gasteiger partial charge in [0.2, 0.25) is 11.7 Å². The summed E-state index contributed by atoms with van der Waals surface area (Å²) < 4.78 is 11.2. The number of hydrogen-bond acceptors (Lipinski definition) is 8. The quantitative estimate of drug-likeness (QED) is 0.396. The zero-order valence-electron chi connectivity index (χ0n) is 18.1. The molecule has 0 spiro atoms. The second-order valence-electron chi connectivity index (χ2n) is 7.85. The molecule has 0 radical (unpaired) electrons. The lowest BCUT2D eigenvalue weighted by atomic mass is 10.1. The minimum atomic E-state index is -0.126. The number of ketones is 1. The average Bonchev–Trinajstić information content (AvgIpc) is 3.61. The molecule has 0 atom stereocenters. The molecule has 4 aromatic rings. The van der Waals surface area contributed by atoms with E-state index in [0.717, 1.165) is 10.4 Å². The van der Waals surface area contributed by atoms with Crippen molar-refractivity contribution in [1.29, 1.82) is 0 Å². The summed E-state index contributed by atoms with van der Waals surface area (Å²) in [7, 11) is 0. The molecular formula is C24H22N4O4S. The molecule has 0 aliphatic carbocycles. The SMILES string of the molecule is CC(=O)c1ccc(-c2ccc(C(=O)N3CCN(Cc4nc(-c5cccs5)no4)CC3)o2)cc1. The monoisotopic (exact) mass is 462 g/mol. The second kappa shape index (κ2) is 9.13. The number of nitrogens with zero attached hydrogens (tertiary/aromatic N) is 4. The number of piperazine rings is 1. The van der Waals surface area contributed by atoms with Crippen molar-refractivity contribution in [1.82, 2.24) is 19.9 Å². The van der Waals surface area contributed by atoms with E-state index in [0.29, 0.717) is 61.5 Å². The first-order valence-corrected chi connectivity index (χ1v) is 11.5. The molecule has 1 fully saturated rings. The molecule has 1 amide bonds. The molecular weight excluding hydrogens is 440 g/mol. The van der Waals surface area contributed by atoms with Gasteiger partial charge in [-0.2, -0.15) is 4.98 Å². The van der Waals surface area contributed by atoms with Gasteiger partial charge >= 0.3 is 0 Å². The van der Waals surface area contributed by atoms with Gasteiger partial charge in [-0.15, -0.1) is 11.3 Å². The zero-order chi connectivity index (χ0) is 22.8. The maximum atomic E-state index is 12.9. The molecule has 1 aliphatic heterocycles. The van der Waals surface area contributed by atoms with Crippen LogP contribution in [-0.4, -0.2) is 57.8 Å². The van der Waals surface area contributed by atoms with Gasteiger partial charge < -0.3 is 13.8 Å². The van der Waals surface area contributed by atoms with Crippen LogP contribution in [0.25, 0.3) is 22.0 Å². The Hall–Kier alpha value is -3.56. The van der Waals surface area contributed by atoms with Crippen molar-refractivity contribution in [2.45, 2.75) is 13.5 Å². The fraction of sp³-hybridized carbons (Fsp3) is 0.250. The van der Waals surface area contributed by atoms with Gasteiger partial charge in [0.25, 0.3) is 5.91 Å². The summed E-state index contributed by atoms with van der Waals surface area (Å²) in [5.74, 6) is 1.98. The standard InChI is InChI=1S/C24H22N4O4S/c1-16(29)17-4-6-18(7-5-17)19-8-9-20(31-19)24(30)28-12-10-27(11-13-28)15-22-25-23(26-32-22)21-3-2-14-33-21/h2-9,14H,10-13,15H2,1H3. The van der Waals surface area contributed by atoms with E-state index in [1.807, 2.05) is 29.6 Å². The molecule has 0 saturated carbocycles. The van der Waals surface area contributed by atoms with Crippen LogP contribution in [-0.2, 0) is 6.54 Å². The highest BCUT2D eigenvalue weighted by atomic mass is 32.1. The van der Waals surface area contributed by atoms with Crippen molar-refractivity contribution in [3.05, 3.63) is 71.1 Å². The number of carbonyl (C=O) groups excluding carboxylic acids is 2. The zero-order valence-corrected chi connectivity index (χ0v) is 18.9. The van der Waals surface area contributed by atoms with Gasteiger partial charge in [0.1, 0.15) is 5.76 Å². The third-order valence-electron chi connectivity index (χ3n) is 5.62. The molecule has 4 heterocycles. The Morgan fingerprint density at radius 3 is 2.52 bits per heavy atom. The van der Waals surface area contributed by atoms with Crippen LogP contribution < -0.4 is 0 Å². The molecule has 1 aromatic carbocycles. The van der Waals surface area contributed by atoms with Gasteiger partial charge in [-0.25, -0.2) is 0 Å². The maximum absolute atomic E-state index is 12.9. The summed E-state index contributed by atoms with van der Waals surface area (Å²) >= 11 is 1.57. The van der Waals surface area contributed by atoms with E-state index in [-0.39, 0.29) is 11.7 Å². The van der Waals surface area contributed by atoms with Crippen molar-refractivity contribution in [3.8, 4) is 22.0 Å². The Labute approximate surface area is 194 Å². The second-order valence-corrected chi connectivity index (χ2v) is 8.80. The predicted octanol–water partition coefficient (Wildman–Crippen LogP) is 4.22. The summed E-state index contributed by atoms with van der Waals surface area (Å²) in [6, 6.07) is 14.6. The predicted molar refractivity (Wildman–Crippen MR) is 123 cm³/mol. The summed E-state index contributed by atoms with van der Waals surface area (Å²) in [4.78, 5) is 33.8. The van der Waals surface area contributed by atoms with E-state index in [9.17, 15) is 9.59 Å². The van der Waals surface area contributed by atoms with Gasteiger partial charge in [-0.05, 0) is 30.5 Å². The maximum Gasteiger partial charge on any atom is 0.289 e. The van der Waals surface area contributed by atoms with Crippen LogP contribution in [0.3, 0.4) is 0 Å². The van der Waals surface area contributed by atoms with Gasteiger partial charge in [0, 0.05) is 37.3 Å². The van der Waals surface area contributed by atoms with Crippen LogP contribution in [0.15, 0.2) is 62.9 Å². The topological polar surface area (TPSA) is 92.7 Å². The van der Waals surface area contributed by atoms with Crippen molar-refractivity contribution in [2.75, 3.05) is 26.2 Å². The Morgan fingerprint density at radius 2 is 1.82 bits per heavy atom. The van der Waals surface area contributed by atoms with Crippen LogP contribution in [0.2, 0.25) is 0 Å². The number of amides is 1. The van der Waals surface area contributed by atoms with Crippen molar-refractivity contribution in [2.24, 2.45) is 0 Å². The van der Waals surface area contributed by atoms with Crippen molar-refractivity contribution in [3.63, 3.8) is 0 Å². The van der Waals surface area contributed by atoms with Crippen LogP contribution in [0.1, 0.15) is 33.7 Å². The Morgan fingerprint density at radius 1 is 1.03 bits per heavy atom. The molecule has 168 valence electrons. The fourth-order valence-corrected chi connectivity index (χ4v) is 4.41. The number of rotatable bonds is 6. The highest BCUT2D eigenvalue weighted by molar-refractivity contribution is 7.13. The van der Waals surface area contributed by atoms with Gasteiger partial charge in [-0.1, -0.05) is 35.5 Å². The number of aromatic nitrogens is 2. The third-order valence-corrected chi connectivity index (χ3v) is 6.49. The van der Waals surface area contributed by atoms with Gasteiger partial charge in [0.15, 0.2) is 11.5 Å². The number of Topliss-reactive ketones (excluding diaryl/α,β-unsaturated/α-hetero) is 1. The molecule has 0 unspecified atom stereocenters. The van der Waals surface area contributed by atoms with E-state index in [1.54, 1.807) is 40.5 Å². The average molecular weight is 463 g/mol. The van der Waals surface area contributed by atoms with Crippen molar-refractivity contribution >= 4 is 23.0 Å². The minimum Gasteiger partial charge on any atom is -0.451 e. The molecule has 33 heavy (non-hydrogen) atoms. The number of furan rings is 1. The third kappa shape index (κ3) is 4.64. The lowest BCUT2D eigenvalue weighted by Gasteiger charge is -2.33. The molecule has 8 nitrogen and oxygen atoms in total. The van der Waals surface area contributed by atoms with E-state index in [2.05, 4.69) is 15.0 Å². The largest absolute Gasteiger partial charge is 0.451 e. The molecule has 0 bridgehead atoms. The molecule has 5 rings (SSSR count). The molecule has 3 aromatic heterocycles. The van der Waals surface area contributed by atoms with Crippen LogP contribution in [0.5, 0.6) is 0 Å². The van der Waals surface area contributed by atoms with Gasteiger partial charge in [-0.3, -0.25) is 14.5 Å². The van der Waals surface area contributed by atoms with Crippen LogP contribution in [0.4, 0.5) is 0 Å². The van der Waals surface area contributed by atoms with Crippen LogP contribution in [0, 0.1) is 0 Å². The van der Waals surface area contributed by atoms with Crippen molar-refractivity contribution < 1.29 is 18.5 Å². The minimum absolute atomic E-state index is 0.0121. The molecule has 1 saturated heterocycles. The first-order chi connectivity index (χ1) is 16.1. The first-order valence-electron chi connectivity index (χ1n) is 10.7. The fourth-order valence-electron chi connectivity index (χ4n) is 3.76. The number of hydrogen-bond donors (Lipinski definition) is 0. The summed E-state index contributed by atoms with van der Waals surface area (Å²) in [5.41, 5.74) is 1.47. The number of carbonyl (C=O) groups is 2. The Balaban J connectivity index is 1.17. The number of thiophene rings is 1. The Bertz CT molecular complexity index is 1250. The Kier molecular flexibility index (Phi) is 5.89. The normalized spacial score (nSPS) is 14.5. The lowest BCUT2D eigenvalue weighted by Crippen LogP contribution is -2.48. The first kappa shape index (κ1) is 21.3. The smallest absolute Gasteiger partial charge is 0.289 e. The lowest BCUT2D eigenvalue weighted by molar-refractivity contribution is 0.0585. The van der Waals surface area contributed by atoms with E-state index in [1.165, 1.54) is 6.92 Å². The highest BCUT2D eigenvalue weighted by Crippen LogP contribution is 2.24. The number of benzene rings is 1. The van der Waals surface area contributed by atoms with Crippen LogP contribution >= 0.6 is 11.3 Å². The van der Waals surface area contributed by atoms with Gasteiger partial charge in [0.05, 0.1) is 11.4 Å². The summed E-state index contributed by atoms with van der Waals surface area (Å²) in [6.07, 6.45) is 0.